The van der Waals surface area contributed by atoms with Crippen LogP contribution in [0.5, 0.6) is 0 Å². The lowest BCUT2D eigenvalue weighted by Crippen LogP contribution is -2.37. The van der Waals surface area contributed by atoms with Gasteiger partial charge < -0.3 is 0 Å². The van der Waals surface area contributed by atoms with E-state index in [0.717, 1.165) is 43.1 Å². The van der Waals surface area contributed by atoms with Gasteiger partial charge in [0.1, 0.15) is 5.65 Å². The third-order valence-electron chi connectivity index (χ3n) is 4.20. The number of rotatable bonds is 7. The summed E-state index contributed by atoms with van der Waals surface area (Å²) < 4.78 is 62.0. The van der Waals surface area contributed by atoms with Gasteiger partial charge in [0.05, 0.1) is 11.9 Å². The molecule has 27 heavy (non-hydrogen) atoms. The number of imidazole rings is 1. The minimum atomic E-state index is -5.25. The first-order valence-corrected chi connectivity index (χ1v) is 9.49. The molecule has 0 amide bonds. The Hall–Kier alpha value is -1.07. The molecule has 3 heterocycles. The van der Waals surface area contributed by atoms with Gasteiger partial charge in [0.15, 0.2) is 0 Å². The van der Waals surface area contributed by atoms with Gasteiger partial charge in [-0.1, -0.05) is 12.5 Å². The Morgan fingerprint density at radius 3 is 2.48 bits per heavy atom. The number of hydrogen-bond donors (Lipinski definition) is 1. The second-order valence-electron chi connectivity index (χ2n) is 6.08. The van der Waals surface area contributed by atoms with Gasteiger partial charge in [-0.15, -0.1) is 24.8 Å². The van der Waals surface area contributed by atoms with E-state index in [1.54, 1.807) is 4.72 Å². The number of hydrogen-bond acceptors (Lipinski definition) is 4. The Kier molecular flexibility index (Phi) is 8.36. The smallest absolute Gasteiger partial charge is 0.298 e. The van der Waals surface area contributed by atoms with Crippen LogP contribution in [0.2, 0.25) is 0 Å². The molecule has 12 heteroatoms. The molecule has 0 saturated carbocycles. The van der Waals surface area contributed by atoms with E-state index in [4.69, 9.17) is 0 Å². The van der Waals surface area contributed by atoms with Gasteiger partial charge in [0, 0.05) is 25.3 Å². The zero-order valence-corrected chi connectivity index (χ0v) is 16.7. The van der Waals surface area contributed by atoms with Gasteiger partial charge in [0.25, 0.3) is 0 Å². The number of nitrogens with one attached hydrogen (secondary N) is 1. The highest BCUT2D eigenvalue weighted by Crippen LogP contribution is 2.22. The molecule has 0 unspecified atom stereocenters. The highest BCUT2D eigenvalue weighted by molar-refractivity contribution is 7.90. The third-order valence-corrected chi connectivity index (χ3v) is 5.40. The zero-order valence-electron chi connectivity index (χ0n) is 14.3. The first kappa shape index (κ1) is 24.0. The second kappa shape index (κ2) is 9.42. The van der Waals surface area contributed by atoms with Gasteiger partial charge >= 0.3 is 15.5 Å². The normalized spacial score (nSPS) is 14.6. The van der Waals surface area contributed by atoms with Crippen LogP contribution in [0.3, 0.4) is 0 Å². The molecule has 2 aromatic rings. The van der Waals surface area contributed by atoms with E-state index in [2.05, 4.69) is 20.4 Å². The SMILES string of the molecule is Cl.Cl.O=S(=O)(NCCCCCN1Cc2cccc3ncc(n23)C1)C(F)(F)F. The quantitative estimate of drug-likeness (QED) is 0.660. The predicted octanol–water partition coefficient (Wildman–Crippen LogP) is 3.10. The zero-order chi connectivity index (χ0) is 18.1. The van der Waals surface area contributed by atoms with Gasteiger partial charge in [0.2, 0.25) is 0 Å². The van der Waals surface area contributed by atoms with Crippen molar-refractivity contribution in [2.24, 2.45) is 0 Å². The lowest BCUT2D eigenvalue weighted by Gasteiger charge is -2.27. The molecule has 0 fully saturated rings. The minimum absolute atomic E-state index is 0. The first-order chi connectivity index (χ1) is 11.8. The highest BCUT2D eigenvalue weighted by Gasteiger charge is 2.45. The molecule has 0 radical (unpaired) electrons. The van der Waals surface area contributed by atoms with Gasteiger partial charge in [-0.25, -0.2) is 18.1 Å². The molecule has 6 nitrogen and oxygen atoms in total. The van der Waals surface area contributed by atoms with Gasteiger partial charge in [-0.05, 0) is 31.5 Å². The van der Waals surface area contributed by atoms with Crippen molar-refractivity contribution in [1.29, 1.82) is 0 Å². The molecule has 0 spiro atoms. The van der Waals surface area contributed by atoms with Crippen LogP contribution in [0.1, 0.15) is 30.7 Å². The maximum Gasteiger partial charge on any atom is 0.511 e. The van der Waals surface area contributed by atoms with Crippen LogP contribution in [-0.4, -0.2) is 41.3 Å². The first-order valence-electron chi connectivity index (χ1n) is 8.00. The molecule has 0 bridgehead atoms. The average molecular weight is 449 g/mol. The fraction of sp³-hybridized carbons (Fsp3) is 0.533. The summed E-state index contributed by atoms with van der Waals surface area (Å²) in [6.45, 7) is 2.17. The van der Waals surface area contributed by atoms with Crippen molar-refractivity contribution in [2.75, 3.05) is 13.1 Å². The summed E-state index contributed by atoms with van der Waals surface area (Å²) in [5.41, 5.74) is -2.03. The lowest BCUT2D eigenvalue weighted by atomic mass is 10.2. The molecular formula is C15H21Cl2F3N4O2S. The molecule has 1 N–H and O–H groups in total. The molecule has 0 aromatic carbocycles. The highest BCUT2D eigenvalue weighted by atomic mass is 35.5. The van der Waals surface area contributed by atoms with Crippen LogP contribution in [0.15, 0.2) is 24.4 Å². The number of alkyl halides is 3. The molecule has 0 atom stereocenters. The Morgan fingerprint density at radius 1 is 1.07 bits per heavy atom. The standard InChI is InChI=1S/C15H19F3N4O2S.2ClH/c16-15(17,18)25(23,24)20-7-2-1-3-8-21-10-12-5-4-6-14-19-9-13(11-21)22(12)14;;/h4-6,9,20H,1-3,7-8,10-11H2;2*1H. The van der Waals surface area contributed by atoms with Crippen molar-refractivity contribution in [2.45, 2.75) is 37.9 Å². The summed E-state index contributed by atoms with van der Waals surface area (Å²) in [7, 11) is -5.22. The van der Waals surface area contributed by atoms with Crippen LogP contribution in [-0.2, 0) is 23.1 Å². The summed E-state index contributed by atoms with van der Waals surface area (Å²) in [6.07, 6.45) is 3.67. The van der Waals surface area contributed by atoms with E-state index in [1.165, 1.54) is 0 Å². The molecule has 0 aliphatic carbocycles. The van der Waals surface area contributed by atoms with Crippen LogP contribution in [0.4, 0.5) is 13.2 Å². The number of halogens is 5. The summed E-state index contributed by atoms with van der Waals surface area (Å²) in [5.74, 6) is 0. The Bertz CT molecular complexity index is 858. The summed E-state index contributed by atoms with van der Waals surface area (Å²) >= 11 is 0. The summed E-state index contributed by atoms with van der Waals surface area (Å²) in [4.78, 5) is 6.62. The summed E-state index contributed by atoms with van der Waals surface area (Å²) in [6, 6.07) is 5.98. The number of sulfonamides is 1. The van der Waals surface area contributed by atoms with Crippen molar-refractivity contribution in [3.8, 4) is 0 Å². The van der Waals surface area contributed by atoms with E-state index in [9.17, 15) is 21.6 Å². The third kappa shape index (κ3) is 5.47. The molecule has 1 aliphatic heterocycles. The predicted molar refractivity (Wildman–Crippen MR) is 101 cm³/mol. The van der Waals surface area contributed by atoms with Gasteiger partial charge in [-0.3, -0.25) is 9.30 Å². The van der Waals surface area contributed by atoms with E-state index in [0.29, 0.717) is 12.8 Å². The van der Waals surface area contributed by atoms with Crippen molar-refractivity contribution in [1.82, 2.24) is 19.0 Å². The monoisotopic (exact) mass is 448 g/mol. The fourth-order valence-electron chi connectivity index (χ4n) is 3.00. The minimum Gasteiger partial charge on any atom is -0.298 e. The van der Waals surface area contributed by atoms with Crippen LogP contribution in [0, 0.1) is 0 Å². The van der Waals surface area contributed by atoms with E-state index in [-0.39, 0.29) is 31.4 Å². The molecule has 0 saturated heterocycles. The molecule has 1 aliphatic rings. The molecule has 2 aromatic heterocycles. The largest absolute Gasteiger partial charge is 0.511 e. The number of unbranched alkanes of at least 4 members (excludes halogenated alkanes) is 2. The second-order valence-corrected chi connectivity index (χ2v) is 7.83. The Labute approximate surface area is 168 Å². The van der Waals surface area contributed by atoms with E-state index in [1.807, 2.05) is 18.3 Å². The number of pyridine rings is 1. The van der Waals surface area contributed by atoms with Gasteiger partial charge in [-0.2, -0.15) is 13.2 Å². The number of aromatic nitrogens is 2. The molecular weight excluding hydrogens is 428 g/mol. The van der Waals surface area contributed by atoms with Crippen molar-refractivity contribution < 1.29 is 21.6 Å². The van der Waals surface area contributed by atoms with E-state index < -0.39 is 15.5 Å². The maximum atomic E-state index is 12.2. The van der Waals surface area contributed by atoms with Crippen LogP contribution < -0.4 is 4.72 Å². The Balaban J connectivity index is 0.00000182. The topological polar surface area (TPSA) is 66.7 Å². The van der Waals surface area contributed by atoms with Crippen LogP contribution in [0.25, 0.3) is 5.65 Å². The van der Waals surface area contributed by atoms with Crippen molar-refractivity contribution in [3.05, 3.63) is 35.8 Å². The fourth-order valence-corrected chi connectivity index (χ4v) is 3.58. The average Bonchev–Trinajstić information content (AvgIpc) is 2.94. The lowest BCUT2D eigenvalue weighted by molar-refractivity contribution is -0.0447. The number of nitrogens with zero attached hydrogens (tertiary/aromatic N) is 3. The van der Waals surface area contributed by atoms with E-state index >= 15 is 0 Å². The Morgan fingerprint density at radius 2 is 1.78 bits per heavy atom. The van der Waals surface area contributed by atoms with Crippen molar-refractivity contribution >= 4 is 40.5 Å². The molecule has 3 rings (SSSR count). The molecule has 154 valence electrons. The maximum absolute atomic E-state index is 12.2. The van der Waals surface area contributed by atoms with Crippen molar-refractivity contribution in [3.63, 3.8) is 0 Å². The summed E-state index contributed by atoms with van der Waals surface area (Å²) in [5, 5.41) is 0. The van der Waals surface area contributed by atoms with Crippen LogP contribution >= 0.6 is 24.8 Å².